The molecule has 3 aromatic carbocycles. The molecule has 0 heterocycles. The highest BCUT2D eigenvalue weighted by molar-refractivity contribution is 7.92. The first-order valence-corrected chi connectivity index (χ1v) is 12.0. The third-order valence-electron chi connectivity index (χ3n) is 5.27. The van der Waals surface area contributed by atoms with Crippen molar-refractivity contribution >= 4 is 21.6 Å². The number of carbonyl (C=O) groups excluding carboxylic acids is 1. The van der Waals surface area contributed by atoms with Crippen LogP contribution in [0.3, 0.4) is 0 Å². The maximum atomic E-state index is 13.6. The SMILES string of the molecule is COc1ccc([C@H](C)NC(=O)CN(c2ccccc2)S(=O)(=O)c2ccc(OC)c(OC)c2)cc1. The lowest BCUT2D eigenvalue weighted by atomic mass is 10.1. The van der Waals surface area contributed by atoms with Crippen molar-refractivity contribution in [2.75, 3.05) is 32.2 Å². The predicted molar refractivity (Wildman–Crippen MR) is 130 cm³/mol. The summed E-state index contributed by atoms with van der Waals surface area (Å²) in [7, 11) is 0.381. The molecule has 1 N–H and O–H groups in total. The topological polar surface area (TPSA) is 94.2 Å². The number of nitrogens with one attached hydrogen (secondary N) is 1. The second kappa shape index (κ2) is 10.9. The summed E-state index contributed by atoms with van der Waals surface area (Å²) in [5, 5.41) is 2.87. The normalized spacial score (nSPS) is 11.9. The molecule has 0 spiro atoms. The summed E-state index contributed by atoms with van der Waals surface area (Å²) in [6, 6.07) is 19.7. The third kappa shape index (κ3) is 5.60. The van der Waals surface area contributed by atoms with Gasteiger partial charge in [0.1, 0.15) is 12.3 Å². The zero-order valence-corrected chi connectivity index (χ0v) is 20.3. The van der Waals surface area contributed by atoms with Gasteiger partial charge in [0.15, 0.2) is 11.5 Å². The minimum Gasteiger partial charge on any atom is -0.497 e. The minimum atomic E-state index is -4.10. The highest BCUT2D eigenvalue weighted by atomic mass is 32.2. The van der Waals surface area contributed by atoms with Crippen LogP contribution in [-0.2, 0) is 14.8 Å². The van der Waals surface area contributed by atoms with E-state index >= 15 is 0 Å². The van der Waals surface area contributed by atoms with E-state index in [1.807, 2.05) is 19.1 Å². The molecule has 0 bridgehead atoms. The Morgan fingerprint density at radius 1 is 0.882 bits per heavy atom. The number of hydrogen-bond donors (Lipinski definition) is 1. The van der Waals surface area contributed by atoms with Crippen LogP contribution in [0.2, 0.25) is 0 Å². The molecule has 3 aromatic rings. The highest BCUT2D eigenvalue weighted by Gasteiger charge is 2.28. The zero-order valence-electron chi connectivity index (χ0n) is 19.5. The van der Waals surface area contributed by atoms with Gasteiger partial charge < -0.3 is 19.5 Å². The number of para-hydroxylation sites is 1. The van der Waals surface area contributed by atoms with Crippen LogP contribution in [-0.4, -0.2) is 42.2 Å². The zero-order chi connectivity index (χ0) is 24.7. The first kappa shape index (κ1) is 24.9. The second-order valence-electron chi connectivity index (χ2n) is 7.43. The van der Waals surface area contributed by atoms with Crippen molar-refractivity contribution in [2.45, 2.75) is 17.9 Å². The molecule has 1 atom stereocenters. The Hall–Kier alpha value is -3.72. The molecule has 180 valence electrons. The number of anilines is 1. The van der Waals surface area contributed by atoms with E-state index in [1.165, 1.54) is 32.4 Å². The summed E-state index contributed by atoms with van der Waals surface area (Å²) in [6.45, 7) is 1.43. The van der Waals surface area contributed by atoms with Crippen molar-refractivity contribution in [2.24, 2.45) is 0 Å². The number of hydrogen-bond acceptors (Lipinski definition) is 6. The van der Waals surface area contributed by atoms with Crippen molar-refractivity contribution in [3.05, 3.63) is 78.4 Å². The molecule has 8 nitrogen and oxygen atoms in total. The van der Waals surface area contributed by atoms with Gasteiger partial charge in [-0.05, 0) is 48.9 Å². The van der Waals surface area contributed by atoms with Crippen LogP contribution in [0.1, 0.15) is 18.5 Å². The molecule has 0 fully saturated rings. The molecule has 1 amide bonds. The van der Waals surface area contributed by atoms with Crippen LogP contribution in [0, 0.1) is 0 Å². The van der Waals surface area contributed by atoms with Gasteiger partial charge in [-0.2, -0.15) is 0 Å². The van der Waals surface area contributed by atoms with Crippen LogP contribution < -0.4 is 23.8 Å². The summed E-state index contributed by atoms with van der Waals surface area (Å²) < 4.78 is 43.9. The summed E-state index contributed by atoms with van der Waals surface area (Å²) >= 11 is 0. The van der Waals surface area contributed by atoms with Crippen LogP contribution in [0.5, 0.6) is 17.2 Å². The van der Waals surface area contributed by atoms with E-state index in [1.54, 1.807) is 49.6 Å². The lowest BCUT2D eigenvalue weighted by Crippen LogP contribution is -2.41. The summed E-state index contributed by atoms with van der Waals surface area (Å²) in [5.74, 6) is 0.933. The van der Waals surface area contributed by atoms with Crippen molar-refractivity contribution in [3.8, 4) is 17.2 Å². The van der Waals surface area contributed by atoms with Crippen molar-refractivity contribution < 1.29 is 27.4 Å². The average Bonchev–Trinajstić information content (AvgIpc) is 2.87. The molecule has 0 unspecified atom stereocenters. The van der Waals surface area contributed by atoms with Crippen LogP contribution in [0.25, 0.3) is 0 Å². The second-order valence-corrected chi connectivity index (χ2v) is 9.29. The number of methoxy groups -OCH3 is 3. The monoisotopic (exact) mass is 484 g/mol. The van der Waals surface area contributed by atoms with Crippen molar-refractivity contribution in [1.29, 1.82) is 0 Å². The molecular formula is C25H28N2O6S. The van der Waals surface area contributed by atoms with Crippen LogP contribution in [0.15, 0.2) is 77.7 Å². The van der Waals surface area contributed by atoms with E-state index in [0.717, 1.165) is 9.87 Å². The number of rotatable bonds is 10. The van der Waals surface area contributed by atoms with Gasteiger partial charge in [-0.15, -0.1) is 0 Å². The summed E-state index contributed by atoms with van der Waals surface area (Å²) in [5.41, 5.74) is 1.23. The predicted octanol–water partition coefficient (Wildman–Crippen LogP) is 3.79. The van der Waals surface area contributed by atoms with Gasteiger partial charge in [-0.1, -0.05) is 30.3 Å². The highest BCUT2D eigenvalue weighted by Crippen LogP contribution is 2.32. The first-order valence-electron chi connectivity index (χ1n) is 10.5. The smallest absolute Gasteiger partial charge is 0.264 e. The van der Waals surface area contributed by atoms with Crippen LogP contribution in [0.4, 0.5) is 5.69 Å². The Morgan fingerprint density at radius 2 is 1.53 bits per heavy atom. The maximum absolute atomic E-state index is 13.6. The van der Waals surface area contributed by atoms with Gasteiger partial charge in [0, 0.05) is 6.07 Å². The molecular weight excluding hydrogens is 456 g/mol. The lowest BCUT2D eigenvalue weighted by molar-refractivity contribution is -0.120. The van der Waals surface area contributed by atoms with E-state index in [-0.39, 0.29) is 16.7 Å². The Kier molecular flexibility index (Phi) is 8.01. The first-order chi connectivity index (χ1) is 16.3. The largest absolute Gasteiger partial charge is 0.497 e. The number of amides is 1. The molecule has 0 saturated heterocycles. The molecule has 0 aromatic heterocycles. The van der Waals surface area contributed by atoms with Gasteiger partial charge in [-0.25, -0.2) is 8.42 Å². The minimum absolute atomic E-state index is 0.0231. The molecule has 0 aliphatic rings. The molecule has 0 aliphatic heterocycles. The molecule has 9 heteroatoms. The number of benzene rings is 3. The Labute approximate surface area is 200 Å². The van der Waals surface area contributed by atoms with E-state index < -0.39 is 22.5 Å². The van der Waals surface area contributed by atoms with Gasteiger partial charge in [0.25, 0.3) is 10.0 Å². The third-order valence-corrected chi connectivity index (χ3v) is 7.04. The van der Waals surface area contributed by atoms with Crippen molar-refractivity contribution in [1.82, 2.24) is 5.32 Å². The van der Waals surface area contributed by atoms with E-state index in [9.17, 15) is 13.2 Å². The van der Waals surface area contributed by atoms with E-state index in [4.69, 9.17) is 14.2 Å². The van der Waals surface area contributed by atoms with E-state index in [0.29, 0.717) is 17.2 Å². The fraction of sp³-hybridized carbons (Fsp3) is 0.240. The standard InChI is InChI=1S/C25H28N2O6S/c1-18(19-10-12-21(31-2)13-11-19)26-25(28)17-27(20-8-6-5-7-9-20)34(29,30)22-14-15-23(32-3)24(16-22)33-4/h5-16,18H,17H2,1-4H3,(H,26,28)/t18-/m0/s1. The Bertz CT molecular complexity index is 1210. The Balaban J connectivity index is 1.88. The molecule has 3 rings (SSSR count). The molecule has 0 radical (unpaired) electrons. The Morgan fingerprint density at radius 3 is 2.12 bits per heavy atom. The number of nitrogens with zero attached hydrogens (tertiary/aromatic N) is 1. The molecule has 34 heavy (non-hydrogen) atoms. The van der Waals surface area contributed by atoms with Gasteiger partial charge >= 0.3 is 0 Å². The fourth-order valence-electron chi connectivity index (χ4n) is 3.41. The molecule has 0 aliphatic carbocycles. The van der Waals surface area contributed by atoms with E-state index in [2.05, 4.69) is 5.32 Å². The number of ether oxygens (including phenoxy) is 3. The number of carbonyl (C=O) groups is 1. The fourth-order valence-corrected chi connectivity index (χ4v) is 4.84. The average molecular weight is 485 g/mol. The molecule has 0 saturated carbocycles. The van der Waals surface area contributed by atoms with Crippen LogP contribution >= 0.6 is 0 Å². The van der Waals surface area contributed by atoms with Gasteiger partial charge in [0.05, 0.1) is 38.0 Å². The summed E-state index contributed by atoms with van der Waals surface area (Å²) in [4.78, 5) is 12.9. The maximum Gasteiger partial charge on any atom is 0.264 e. The van der Waals surface area contributed by atoms with Gasteiger partial charge in [-0.3, -0.25) is 9.10 Å². The lowest BCUT2D eigenvalue weighted by Gasteiger charge is -2.25. The quantitative estimate of drug-likeness (QED) is 0.471. The number of sulfonamides is 1. The summed E-state index contributed by atoms with van der Waals surface area (Å²) in [6.07, 6.45) is 0. The van der Waals surface area contributed by atoms with Gasteiger partial charge in [0.2, 0.25) is 5.91 Å². The van der Waals surface area contributed by atoms with Crippen molar-refractivity contribution in [3.63, 3.8) is 0 Å².